The van der Waals surface area contributed by atoms with Gasteiger partial charge in [0, 0.05) is 6.20 Å². The molecule has 0 saturated heterocycles. The topological polar surface area (TPSA) is 56.2 Å². The van der Waals surface area contributed by atoms with Crippen LogP contribution in [0.1, 0.15) is 5.56 Å². The number of nitrogen functional groups attached to an aromatic ring is 1. The number of hydrogen-bond acceptors (Lipinski definition) is 3. The average molecular weight is 183 g/mol. The van der Waals surface area contributed by atoms with E-state index in [-0.39, 0.29) is 5.95 Å². The minimum absolute atomic E-state index is 0.238. The molecule has 0 aromatic carbocycles. The lowest BCUT2D eigenvalue weighted by molar-refractivity contribution is 0.958. The Kier molecular flexibility index (Phi) is 1.44. The number of halogens is 1. The van der Waals surface area contributed by atoms with Crippen LogP contribution in [0.2, 0.25) is 5.02 Å². The van der Waals surface area contributed by atoms with Gasteiger partial charge in [-0.15, -0.1) is 5.10 Å². The molecule has 0 amide bonds. The minimum Gasteiger partial charge on any atom is -0.366 e. The van der Waals surface area contributed by atoms with Gasteiger partial charge in [-0.3, -0.25) is 0 Å². The van der Waals surface area contributed by atoms with Crippen molar-refractivity contribution in [2.45, 2.75) is 6.92 Å². The van der Waals surface area contributed by atoms with Gasteiger partial charge in [0.2, 0.25) is 5.95 Å². The van der Waals surface area contributed by atoms with Crippen molar-refractivity contribution >= 4 is 23.2 Å². The lowest BCUT2D eigenvalue weighted by Crippen LogP contribution is -1.90. The van der Waals surface area contributed by atoms with Gasteiger partial charge in [-0.05, 0) is 18.6 Å². The fraction of sp³-hybridized carbons (Fsp3) is 0.143. The number of anilines is 1. The molecule has 0 aliphatic heterocycles. The lowest BCUT2D eigenvalue weighted by atomic mass is 10.3. The zero-order valence-corrected chi connectivity index (χ0v) is 7.21. The molecule has 2 heterocycles. The number of rotatable bonds is 0. The third kappa shape index (κ3) is 1.00. The highest BCUT2D eigenvalue weighted by Crippen LogP contribution is 2.17. The minimum atomic E-state index is 0.238. The fourth-order valence-corrected chi connectivity index (χ4v) is 1.39. The lowest BCUT2D eigenvalue weighted by Gasteiger charge is -1.95. The quantitative estimate of drug-likeness (QED) is 0.668. The maximum absolute atomic E-state index is 5.90. The molecule has 0 saturated carbocycles. The first-order valence-electron chi connectivity index (χ1n) is 3.45. The van der Waals surface area contributed by atoms with Crippen molar-refractivity contribution in [2.75, 3.05) is 5.73 Å². The van der Waals surface area contributed by atoms with E-state index in [0.29, 0.717) is 10.7 Å². The first-order chi connectivity index (χ1) is 5.66. The maximum Gasteiger partial charge on any atom is 0.240 e. The van der Waals surface area contributed by atoms with Gasteiger partial charge in [0.05, 0.1) is 5.02 Å². The molecule has 2 rings (SSSR count). The van der Waals surface area contributed by atoms with Crippen LogP contribution >= 0.6 is 11.6 Å². The van der Waals surface area contributed by atoms with Crippen LogP contribution in [0.4, 0.5) is 5.95 Å². The fourth-order valence-electron chi connectivity index (χ4n) is 1.09. The molecule has 0 radical (unpaired) electrons. The summed E-state index contributed by atoms with van der Waals surface area (Å²) in [5.41, 5.74) is 7.03. The first kappa shape index (κ1) is 7.36. The number of fused-ring (bicyclic) bond motifs is 1. The summed E-state index contributed by atoms with van der Waals surface area (Å²) in [7, 11) is 0. The van der Waals surface area contributed by atoms with Gasteiger partial charge >= 0.3 is 0 Å². The van der Waals surface area contributed by atoms with Gasteiger partial charge in [0.15, 0.2) is 5.65 Å². The highest BCUT2D eigenvalue weighted by atomic mass is 35.5. The number of hydrogen-bond donors (Lipinski definition) is 1. The summed E-state index contributed by atoms with van der Waals surface area (Å²) in [4.78, 5) is 3.95. The predicted molar refractivity (Wildman–Crippen MR) is 47.1 cm³/mol. The van der Waals surface area contributed by atoms with Crippen molar-refractivity contribution < 1.29 is 0 Å². The van der Waals surface area contributed by atoms with E-state index in [1.54, 1.807) is 4.52 Å². The maximum atomic E-state index is 5.90. The van der Waals surface area contributed by atoms with Crippen molar-refractivity contribution in [3.05, 3.63) is 22.8 Å². The molecule has 12 heavy (non-hydrogen) atoms. The summed E-state index contributed by atoms with van der Waals surface area (Å²) in [5, 5.41) is 4.50. The highest BCUT2D eigenvalue weighted by Gasteiger charge is 2.04. The number of aromatic nitrogens is 3. The average Bonchev–Trinajstić information content (AvgIpc) is 2.29. The molecule has 0 spiro atoms. The molecule has 2 aromatic rings. The monoisotopic (exact) mass is 182 g/mol. The van der Waals surface area contributed by atoms with Crippen LogP contribution in [0.3, 0.4) is 0 Å². The Bertz CT molecular complexity index is 434. The second-order valence-corrected chi connectivity index (χ2v) is 3.01. The molecule has 0 bridgehead atoms. The second kappa shape index (κ2) is 2.35. The number of nitrogens with two attached hydrogens (primary N) is 1. The van der Waals surface area contributed by atoms with Crippen molar-refractivity contribution in [3.8, 4) is 0 Å². The molecule has 5 heteroatoms. The summed E-state index contributed by atoms with van der Waals surface area (Å²) in [6.07, 6.45) is 1.82. The number of pyridine rings is 1. The summed E-state index contributed by atoms with van der Waals surface area (Å²) >= 11 is 5.90. The molecule has 0 aliphatic carbocycles. The Morgan fingerprint density at radius 3 is 3.08 bits per heavy atom. The molecule has 0 aliphatic rings. The Balaban J connectivity index is 2.88. The summed E-state index contributed by atoms with van der Waals surface area (Å²) in [5.74, 6) is 0.238. The first-order valence-corrected chi connectivity index (χ1v) is 3.82. The molecule has 62 valence electrons. The van der Waals surface area contributed by atoms with Crippen LogP contribution in [0.25, 0.3) is 5.65 Å². The predicted octanol–water partition coefficient (Wildman–Crippen LogP) is 1.27. The standard InChI is InChI=1S/C7H7ClN4/c1-4-2-5(8)6-10-7(9)11-12(6)3-4/h2-3H,1H3,(H2,9,11). The summed E-state index contributed by atoms with van der Waals surface area (Å²) < 4.78 is 1.58. The van der Waals surface area contributed by atoms with Gasteiger partial charge in [0.25, 0.3) is 0 Å². The van der Waals surface area contributed by atoms with Crippen LogP contribution in [-0.4, -0.2) is 14.6 Å². The van der Waals surface area contributed by atoms with Crippen LogP contribution in [0.15, 0.2) is 12.3 Å². The normalized spacial score (nSPS) is 10.8. The van der Waals surface area contributed by atoms with Gasteiger partial charge in [-0.2, -0.15) is 4.98 Å². The van der Waals surface area contributed by atoms with E-state index in [9.17, 15) is 0 Å². The molecule has 0 fully saturated rings. The second-order valence-electron chi connectivity index (χ2n) is 2.60. The van der Waals surface area contributed by atoms with Gasteiger partial charge in [-0.25, -0.2) is 4.52 Å². The van der Waals surface area contributed by atoms with Crippen molar-refractivity contribution in [1.29, 1.82) is 0 Å². The largest absolute Gasteiger partial charge is 0.366 e. The molecule has 0 unspecified atom stereocenters. The van der Waals surface area contributed by atoms with Crippen LogP contribution in [-0.2, 0) is 0 Å². The Hall–Kier alpha value is -1.29. The summed E-state index contributed by atoms with van der Waals surface area (Å²) in [6, 6.07) is 1.82. The van der Waals surface area contributed by atoms with Crippen molar-refractivity contribution in [3.63, 3.8) is 0 Å². The highest BCUT2D eigenvalue weighted by molar-refractivity contribution is 6.33. The van der Waals surface area contributed by atoms with E-state index in [0.717, 1.165) is 5.56 Å². The third-order valence-electron chi connectivity index (χ3n) is 1.54. The molecule has 0 atom stereocenters. The number of nitrogens with zero attached hydrogens (tertiary/aromatic N) is 3. The van der Waals surface area contributed by atoms with E-state index in [4.69, 9.17) is 17.3 Å². The molecule has 2 N–H and O–H groups in total. The molecular weight excluding hydrogens is 176 g/mol. The molecule has 4 nitrogen and oxygen atoms in total. The van der Waals surface area contributed by atoms with E-state index in [1.807, 2.05) is 19.2 Å². The number of aryl methyl sites for hydroxylation is 1. The van der Waals surface area contributed by atoms with E-state index < -0.39 is 0 Å². The van der Waals surface area contributed by atoms with Crippen LogP contribution in [0.5, 0.6) is 0 Å². The third-order valence-corrected chi connectivity index (χ3v) is 1.82. The van der Waals surface area contributed by atoms with Crippen LogP contribution < -0.4 is 5.73 Å². The molecular formula is C7H7ClN4. The Labute approximate surface area is 74.0 Å². The zero-order valence-electron chi connectivity index (χ0n) is 6.45. The van der Waals surface area contributed by atoms with E-state index in [2.05, 4.69) is 10.1 Å². The zero-order chi connectivity index (χ0) is 8.72. The SMILES string of the molecule is Cc1cc(Cl)c2nc(N)nn2c1. The van der Waals surface area contributed by atoms with Crippen molar-refractivity contribution in [2.24, 2.45) is 0 Å². The van der Waals surface area contributed by atoms with Crippen molar-refractivity contribution in [1.82, 2.24) is 14.6 Å². The Morgan fingerprint density at radius 1 is 1.58 bits per heavy atom. The van der Waals surface area contributed by atoms with Gasteiger partial charge in [-0.1, -0.05) is 11.6 Å². The molecule has 2 aromatic heterocycles. The van der Waals surface area contributed by atoms with Gasteiger partial charge < -0.3 is 5.73 Å². The van der Waals surface area contributed by atoms with E-state index >= 15 is 0 Å². The van der Waals surface area contributed by atoms with E-state index in [1.165, 1.54) is 0 Å². The van der Waals surface area contributed by atoms with Crippen LogP contribution in [0, 0.1) is 6.92 Å². The smallest absolute Gasteiger partial charge is 0.240 e. The summed E-state index contributed by atoms with van der Waals surface area (Å²) in [6.45, 7) is 1.93. The Morgan fingerprint density at radius 2 is 2.33 bits per heavy atom. The van der Waals surface area contributed by atoms with Gasteiger partial charge in [0.1, 0.15) is 0 Å².